The van der Waals surface area contributed by atoms with Gasteiger partial charge < -0.3 is 15.4 Å². The number of ether oxygens (including phenoxy) is 1. The van der Waals surface area contributed by atoms with Crippen LogP contribution in [0.25, 0.3) is 0 Å². The van der Waals surface area contributed by atoms with E-state index in [2.05, 4.69) is 10.6 Å². The number of carbonyl (C=O) groups excluding carboxylic acids is 1. The van der Waals surface area contributed by atoms with Gasteiger partial charge in [0.25, 0.3) is 0 Å². The molecular weight excluding hydrogens is 216 g/mol. The van der Waals surface area contributed by atoms with Gasteiger partial charge in [0.15, 0.2) is 0 Å². The van der Waals surface area contributed by atoms with Crippen LogP contribution in [-0.2, 0) is 9.53 Å². The summed E-state index contributed by atoms with van der Waals surface area (Å²) in [6.45, 7) is 2.11. The van der Waals surface area contributed by atoms with Crippen molar-refractivity contribution in [2.24, 2.45) is 0 Å². The van der Waals surface area contributed by atoms with E-state index in [-0.39, 0.29) is 5.91 Å². The van der Waals surface area contributed by atoms with E-state index in [9.17, 15) is 4.79 Å². The topological polar surface area (TPSA) is 50.4 Å². The second kappa shape index (κ2) is 6.97. The molecule has 2 rings (SSSR count). The smallest absolute Gasteiger partial charge is 0.234 e. The Labute approximate surface area is 103 Å². The Hall–Kier alpha value is -0.610. The van der Waals surface area contributed by atoms with Crippen molar-refractivity contribution in [3.63, 3.8) is 0 Å². The molecule has 1 saturated carbocycles. The fourth-order valence-electron chi connectivity index (χ4n) is 2.68. The first-order valence-electron chi connectivity index (χ1n) is 6.96. The quantitative estimate of drug-likeness (QED) is 0.759. The number of hydrogen-bond donors (Lipinski definition) is 2. The number of carbonyl (C=O) groups is 1. The van der Waals surface area contributed by atoms with Gasteiger partial charge in [0.05, 0.1) is 12.6 Å². The van der Waals surface area contributed by atoms with Crippen molar-refractivity contribution in [3.05, 3.63) is 0 Å². The molecule has 1 aliphatic carbocycles. The molecule has 1 unspecified atom stereocenters. The summed E-state index contributed by atoms with van der Waals surface area (Å²) in [5, 5.41) is 6.28. The Morgan fingerprint density at radius 2 is 1.94 bits per heavy atom. The number of hydrogen-bond acceptors (Lipinski definition) is 3. The molecule has 0 spiro atoms. The summed E-state index contributed by atoms with van der Waals surface area (Å²) < 4.78 is 5.49. The zero-order valence-corrected chi connectivity index (χ0v) is 10.5. The molecule has 2 fully saturated rings. The van der Waals surface area contributed by atoms with Crippen molar-refractivity contribution >= 4 is 5.91 Å². The Bertz CT molecular complexity index is 234. The average Bonchev–Trinajstić information content (AvgIpc) is 2.83. The molecule has 0 aromatic carbocycles. The Morgan fingerprint density at radius 1 is 1.12 bits per heavy atom. The molecule has 1 aliphatic heterocycles. The minimum Gasteiger partial charge on any atom is -0.377 e. The molecule has 0 aromatic rings. The lowest BCUT2D eigenvalue weighted by Crippen LogP contribution is -2.42. The SMILES string of the molecule is O=C(CNCC1CCCO1)NC1CCCCC1. The normalized spacial score (nSPS) is 26.0. The monoisotopic (exact) mass is 240 g/mol. The van der Waals surface area contributed by atoms with Crippen LogP contribution in [0.3, 0.4) is 0 Å². The van der Waals surface area contributed by atoms with Gasteiger partial charge in [-0.05, 0) is 25.7 Å². The minimum atomic E-state index is 0.134. The molecular formula is C13H24N2O2. The standard InChI is InChI=1S/C13H24N2O2/c16-13(15-11-5-2-1-3-6-11)10-14-9-12-7-4-8-17-12/h11-12,14H,1-10H2,(H,15,16). The van der Waals surface area contributed by atoms with Crippen molar-refractivity contribution in [1.29, 1.82) is 0 Å². The van der Waals surface area contributed by atoms with Gasteiger partial charge in [-0.15, -0.1) is 0 Å². The molecule has 0 radical (unpaired) electrons. The van der Waals surface area contributed by atoms with Crippen LogP contribution in [0.15, 0.2) is 0 Å². The van der Waals surface area contributed by atoms with Crippen molar-refractivity contribution in [2.75, 3.05) is 19.7 Å². The summed E-state index contributed by atoms with van der Waals surface area (Å²) in [7, 11) is 0. The Morgan fingerprint density at radius 3 is 2.65 bits per heavy atom. The van der Waals surface area contributed by atoms with Crippen molar-refractivity contribution < 1.29 is 9.53 Å². The summed E-state index contributed by atoms with van der Waals surface area (Å²) in [5.74, 6) is 0.134. The largest absolute Gasteiger partial charge is 0.377 e. The lowest BCUT2D eigenvalue weighted by Gasteiger charge is -2.23. The van der Waals surface area contributed by atoms with Crippen LogP contribution in [-0.4, -0.2) is 37.7 Å². The van der Waals surface area contributed by atoms with Crippen LogP contribution in [0.1, 0.15) is 44.9 Å². The third kappa shape index (κ3) is 4.64. The van der Waals surface area contributed by atoms with Crippen LogP contribution in [0.4, 0.5) is 0 Å². The number of nitrogens with one attached hydrogen (secondary N) is 2. The highest BCUT2D eigenvalue weighted by Gasteiger charge is 2.17. The van der Waals surface area contributed by atoms with Crippen LogP contribution in [0.2, 0.25) is 0 Å². The molecule has 0 bridgehead atoms. The van der Waals surface area contributed by atoms with Crippen molar-refractivity contribution in [3.8, 4) is 0 Å². The van der Waals surface area contributed by atoms with E-state index in [1.165, 1.54) is 19.3 Å². The lowest BCUT2D eigenvalue weighted by atomic mass is 9.95. The summed E-state index contributed by atoms with van der Waals surface area (Å²) in [5.41, 5.74) is 0. The molecule has 1 heterocycles. The molecule has 17 heavy (non-hydrogen) atoms. The summed E-state index contributed by atoms with van der Waals surface area (Å²) in [4.78, 5) is 11.7. The average molecular weight is 240 g/mol. The zero-order chi connectivity index (χ0) is 11.9. The molecule has 1 saturated heterocycles. The van der Waals surface area contributed by atoms with E-state index >= 15 is 0 Å². The fourth-order valence-corrected chi connectivity index (χ4v) is 2.68. The van der Waals surface area contributed by atoms with Gasteiger partial charge in [0, 0.05) is 19.2 Å². The van der Waals surface area contributed by atoms with Crippen molar-refractivity contribution in [2.45, 2.75) is 57.1 Å². The Balaban J connectivity index is 1.53. The third-order valence-electron chi connectivity index (χ3n) is 3.65. The van der Waals surface area contributed by atoms with Crippen LogP contribution in [0, 0.1) is 0 Å². The van der Waals surface area contributed by atoms with Gasteiger partial charge in [-0.1, -0.05) is 19.3 Å². The maximum atomic E-state index is 11.7. The first-order valence-corrected chi connectivity index (χ1v) is 6.96. The van der Waals surface area contributed by atoms with Crippen molar-refractivity contribution in [1.82, 2.24) is 10.6 Å². The predicted octanol–water partition coefficient (Wildman–Crippen LogP) is 1.20. The summed E-state index contributed by atoms with van der Waals surface area (Å²) in [6, 6.07) is 0.417. The van der Waals surface area contributed by atoms with E-state index in [1.54, 1.807) is 0 Å². The second-order valence-corrected chi connectivity index (χ2v) is 5.17. The first kappa shape index (κ1) is 12.8. The van der Waals surface area contributed by atoms with Gasteiger partial charge >= 0.3 is 0 Å². The molecule has 2 aliphatic rings. The highest BCUT2D eigenvalue weighted by molar-refractivity contribution is 5.78. The maximum absolute atomic E-state index is 11.7. The molecule has 4 heteroatoms. The Kier molecular flexibility index (Phi) is 5.26. The van der Waals surface area contributed by atoms with E-state index in [4.69, 9.17) is 4.74 Å². The molecule has 0 aromatic heterocycles. The van der Waals surface area contributed by atoms with Gasteiger partial charge in [-0.2, -0.15) is 0 Å². The molecule has 98 valence electrons. The van der Waals surface area contributed by atoms with Gasteiger partial charge in [0.2, 0.25) is 5.91 Å². The van der Waals surface area contributed by atoms with E-state index in [0.29, 0.717) is 18.7 Å². The minimum absolute atomic E-state index is 0.134. The first-order chi connectivity index (χ1) is 8.34. The van der Waals surface area contributed by atoms with E-state index in [1.807, 2.05) is 0 Å². The summed E-state index contributed by atoms with van der Waals surface area (Å²) in [6.07, 6.45) is 8.73. The number of amides is 1. The molecule has 1 amide bonds. The highest BCUT2D eigenvalue weighted by Crippen LogP contribution is 2.17. The van der Waals surface area contributed by atoms with E-state index < -0.39 is 0 Å². The van der Waals surface area contributed by atoms with Gasteiger partial charge in [-0.25, -0.2) is 0 Å². The fraction of sp³-hybridized carbons (Fsp3) is 0.923. The van der Waals surface area contributed by atoms with Gasteiger partial charge in [0.1, 0.15) is 0 Å². The molecule has 2 N–H and O–H groups in total. The maximum Gasteiger partial charge on any atom is 0.234 e. The summed E-state index contributed by atoms with van der Waals surface area (Å²) >= 11 is 0. The highest BCUT2D eigenvalue weighted by atomic mass is 16.5. The zero-order valence-electron chi connectivity index (χ0n) is 10.5. The van der Waals surface area contributed by atoms with Crippen LogP contribution in [0.5, 0.6) is 0 Å². The van der Waals surface area contributed by atoms with Crippen LogP contribution >= 0.6 is 0 Å². The molecule has 4 nitrogen and oxygen atoms in total. The second-order valence-electron chi connectivity index (χ2n) is 5.17. The third-order valence-corrected chi connectivity index (χ3v) is 3.65. The predicted molar refractivity (Wildman–Crippen MR) is 66.9 cm³/mol. The van der Waals surface area contributed by atoms with Gasteiger partial charge in [-0.3, -0.25) is 4.79 Å². The lowest BCUT2D eigenvalue weighted by molar-refractivity contribution is -0.121. The van der Waals surface area contributed by atoms with E-state index in [0.717, 1.165) is 38.8 Å². The number of rotatable bonds is 5. The molecule has 1 atom stereocenters. The van der Waals surface area contributed by atoms with Crippen LogP contribution < -0.4 is 10.6 Å².